The number of nitrogens with one attached hydrogen (secondary N) is 1. The van der Waals surface area contributed by atoms with Crippen molar-refractivity contribution in [2.75, 3.05) is 47.5 Å². The lowest BCUT2D eigenvalue weighted by atomic mass is 10.1. The van der Waals surface area contributed by atoms with E-state index in [2.05, 4.69) is 24.2 Å². The van der Waals surface area contributed by atoms with Gasteiger partial charge in [0.1, 0.15) is 0 Å². The average molecular weight is 293 g/mol. The summed E-state index contributed by atoms with van der Waals surface area (Å²) in [5, 5.41) is 3.51. The van der Waals surface area contributed by atoms with E-state index in [0.29, 0.717) is 29.9 Å². The van der Waals surface area contributed by atoms with Gasteiger partial charge in [0.25, 0.3) is 0 Å². The number of nitrogens with zero attached hydrogens (tertiary/aromatic N) is 1. The van der Waals surface area contributed by atoms with Gasteiger partial charge in [-0.3, -0.25) is 0 Å². The molecule has 5 heteroatoms. The molecule has 1 N–H and O–H groups in total. The Morgan fingerprint density at radius 3 is 2.71 bits per heavy atom. The molecule has 1 radical (unpaired) electrons. The van der Waals surface area contributed by atoms with Crippen LogP contribution in [0.3, 0.4) is 0 Å². The molecular weight excluding hydrogens is 268 g/mol. The van der Waals surface area contributed by atoms with Crippen molar-refractivity contribution in [1.29, 1.82) is 0 Å². The minimum Gasteiger partial charge on any atom is -0.493 e. The van der Waals surface area contributed by atoms with Crippen molar-refractivity contribution >= 4 is 0 Å². The van der Waals surface area contributed by atoms with Gasteiger partial charge in [0.05, 0.1) is 20.8 Å². The molecule has 1 fully saturated rings. The maximum Gasteiger partial charge on any atom is 0.203 e. The summed E-state index contributed by atoms with van der Waals surface area (Å²) in [7, 11) is 5.38. The van der Waals surface area contributed by atoms with Crippen LogP contribution in [-0.2, 0) is 0 Å². The summed E-state index contributed by atoms with van der Waals surface area (Å²) in [5.41, 5.74) is 0.846. The Hall–Kier alpha value is -1.46. The van der Waals surface area contributed by atoms with Crippen LogP contribution in [0.25, 0.3) is 0 Å². The van der Waals surface area contributed by atoms with Crippen LogP contribution in [0.1, 0.15) is 12.0 Å². The van der Waals surface area contributed by atoms with Crippen molar-refractivity contribution in [3.63, 3.8) is 0 Å². The number of hydrogen-bond donors (Lipinski definition) is 1. The van der Waals surface area contributed by atoms with Crippen molar-refractivity contribution < 1.29 is 14.2 Å². The van der Waals surface area contributed by atoms with Crippen LogP contribution in [0.15, 0.2) is 12.1 Å². The Morgan fingerprint density at radius 2 is 2.05 bits per heavy atom. The number of benzene rings is 1. The summed E-state index contributed by atoms with van der Waals surface area (Å²) < 4.78 is 16.6. The molecule has 0 amide bonds. The topological polar surface area (TPSA) is 43.0 Å². The van der Waals surface area contributed by atoms with E-state index in [4.69, 9.17) is 14.2 Å². The van der Waals surface area contributed by atoms with Gasteiger partial charge >= 0.3 is 0 Å². The highest BCUT2D eigenvalue weighted by atomic mass is 16.5. The van der Waals surface area contributed by atoms with Gasteiger partial charge in [0.15, 0.2) is 11.5 Å². The van der Waals surface area contributed by atoms with E-state index in [0.717, 1.165) is 31.6 Å². The Morgan fingerprint density at radius 1 is 1.29 bits per heavy atom. The highest BCUT2D eigenvalue weighted by Crippen LogP contribution is 2.38. The average Bonchev–Trinajstić information content (AvgIpc) is 2.46. The second-order valence-corrected chi connectivity index (χ2v) is 5.38. The molecule has 0 saturated carbocycles. The zero-order valence-electron chi connectivity index (χ0n) is 13.1. The molecule has 0 aromatic heterocycles. The highest BCUT2D eigenvalue weighted by molar-refractivity contribution is 5.54. The lowest BCUT2D eigenvalue weighted by Gasteiger charge is -2.30. The normalized spacial score (nSPS) is 19.3. The minimum absolute atomic E-state index is 0.472. The first kappa shape index (κ1) is 15.9. The fraction of sp³-hybridized carbons (Fsp3) is 0.562. The number of piperazine rings is 1. The van der Waals surface area contributed by atoms with Crippen molar-refractivity contribution in [1.82, 2.24) is 10.2 Å². The first-order valence-electron chi connectivity index (χ1n) is 7.26. The molecule has 1 saturated heterocycles. The quantitative estimate of drug-likeness (QED) is 0.862. The molecule has 1 aliphatic heterocycles. The maximum absolute atomic E-state index is 5.89. The van der Waals surface area contributed by atoms with Crippen molar-refractivity contribution in [2.24, 2.45) is 0 Å². The molecule has 2 rings (SSSR count). The summed E-state index contributed by atoms with van der Waals surface area (Å²) in [6.45, 7) is 7.76. The Kier molecular flexibility index (Phi) is 5.70. The lowest BCUT2D eigenvalue weighted by molar-refractivity contribution is 0.202. The highest BCUT2D eigenvalue weighted by Gasteiger charge is 2.17. The maximum atomic E-state index is 5.89. The molecular formula is C16H25N2O3. The van der Waals surface area contributed by atoms with Gasteiger partial charge in [-0.2, -0.15) is 0 Å². The summed E-state index contributed by atoms with van der Waals surface area (Å²) >= 11 is 0. The predicted molar refractivity (Wildman–Crippen MR) is 83.4 cm³/mol. The largest absolute Gasteiger partial charge is 0.493 e. The van der Waals surface area contributed by atoms with Crippen molar-refractivity contribution in [2.45, 2.75) is 12.5 Å². The van der Waals surface area contributed by atoms with Gasteiger partial charge < -0.3 is 24.4 Å². The molecule has 1 aromatic carbocycles. The lowest BCUT2D eigenvalue weighted by Crippen LogP contribution is -2.49. The third-order valence-electron chi connectivity index (χ3n) is 3.69. The standard InChI is InChI=1S/C16H25N2O3/c1-12-9-14(19-3)16(20-4)15(10-12)21-8-5-13-11-18(2)7-6-17-13/h9-10,13,17H,1,5-8,11H2,2-4H3. The minimum atomic E-state index is 0.472. The molecule has 21 heavy (non-hydrogen) atoms. The van der Waals surface area contributed by atoms with E-state index in [1.165, 1.54) is 0 Å². The zero-order valence-corrected chi connectivity index (χ0v) is 13.1. The fourth-order valence-electron chi connectivity index (χ4n) is 2.59. The summed E-state index contributed by atoms with van der Waals surface area (Å²) in [6, 6.07) is 4.19. The van der Waals surface area contributed by atoms with Gasteiger partial charge in [-0.15, -0.1) is 0 Å². The zero-order chi connectivity index (χ0) is 15.2. The molecule has 1 aliphatic rings. The summed E-state index contributed by atoms with van der Waals surface area (Å²) in [5.74, 6) is 1.96. The van der Waals surface area contributed by atoms with Crippen LogP contribution < -0.4 is 19.5 Å². The molecule has 0 bridgehead atoms. The van der Waals surface area contributed by atoms with E-state index in [1.54, 1.807) is 14.2 Å². The van der Waals surface area contributed by atoms with Gasteiger partial charge in [-0.05, 0) is 38.1 Å². The SMILES string of the molecule is [CH2]c1cc(OC)c(OC)c(OCCC2CN(C)CCN2)c1. The van der Waals surface area contributed by atoms with Gasteiger partial charge in [0, 0.05) is 25.7 Å². The van der Waals surface area contributed by atoms with Gasteiger partial charge in [0.2, 0.25) is 5.75 Å². The van der Waals surface area contributed by atoms with Crippen molar-refractivity contribution in [3.05, 3.63) is 24.6 Å². The number of methoxy groups -OCH3 is 2. The Bertz CT molecular complexity index is 465. The molecule has 1 atom stereocenters. The van der Waals surface area contributed by atoms with Crippen molar-refractivity contribution in [3.8, 4) is 17.2 Å². The van der Waals surface area contributed by atoms with Crippen LogP contribution >= 0.6 is 0 Å². The second kappa shape index (κ2) is 7.52. The van der Waals surface area contributed by atoms with Crippen LogP contribution in [0.2, 0.25) is 0 Å². The predicted octanol–water partition coefficient (Wildman–Crippen LogP) is 1.56. The van der Waals surface area contributed by atoms with E-state index in [-0.39, 0.29) is 0 Å². The van der Waals surface area contributed by atoms with Crippen LogP contribution in [0.5, 0.6) is 17.2 Å². The van der Waals surface area contributed by atoms with E-state index < -0.39 is 0 Å². The van der Waals surface area contributed by atoms with Crippen LogP contribution in [0.4, 0.5) is 0 Å². The third kappa shape index (κ3) is 4.25. The van der Waals surface area contributed by atoms with E-state index >= 15 is 0 Å². The first-order chi connectivity index (χ1) is 10.1. The molecule has 0 spiro atoms. The molecule has 1 aromatic rings. The summed E-state index contributed by atoms with van der Waals surface area (Å²) in [6.07, 6.45) is 0.956. The molecule has 0 aliphatic carbocycles. The Balaban J connectivity index is 1.94. The molecule has 1 heterocycles. The van der Waals surface area contributed by atoms with Gasteiger partial charge in [-0.25, -0.2) is 0 Å². The fourth-order valence-corrected chi connectivity index (χ4v) is 2.59. The van der Waals surface area contributed by atoms with Crippen LogP contribution in [-0.4, -0.2) is 58.5 Å². The number of likely N-dealkylation sites (N-methyl/N-ethyl adjacent to an activating group) is 1. The number of rotatable bonds is 6. The third-order valence-corrected chi connectivity index (χ3v) is 3.69. The van der Waals surface area contributed by atoms with E-state index in [9.17, 15) is 0 Å². The summed E-state index contributed by atoms with van der Waals surface area (Å²) in [4.78, 5) is 2.33. The Labute approximate surface area is 127 Å². The molecule has 1 unspecified atom stereocenters. The van der Waals surface area contributed by atoms with Gasteiger partial charge in [-0.1, -0.05) is 0 Å². The smallest absolute Gasteiger partial charge is 0.203 e. The monoisotopic (exact) mass is 293 g/mol. The molecule has 5 nitrogen and oxygen atoms in total. The van der Waals surface area contributed by atoms with Crippen LogP contribution in [0, 0.1) is 6.92 Å². The van der Waals surface area contributed by atoms with E-state index in [1.807, 2.05) is 12.1 Å². The second-order valence-electron chi connectivity index (χ2n) is 5.38. The first-order valence-corrected chi connectivity index (χ1v) is 7.26. The number of ether oxygens (including phenoxy) is 3. The number of hydrogen-bond acceptors (Lipinski definition) is 5. The molecule has 117 valence electrons.